The molecule has 0 radical (unpaired) electrons. The van der Waals surface area contributed by atoms with Crippen LogP contribution in [0.5, 0.6) is 11.5 Å². The van der Waals surface area contributed by atoms with Gasteiger partial charge in [-0.05, 0) is 47.9 Å². The van der Waals surface area contributed by atoms with Gasteiger partial charge in [-0.1, -0.05) is 13.8 Å². The summed E-state index contributed by atoms with van der Waals surface area (Å²) in [5, 5.41) is 10.5. The predicted octanol–water partition coefficient (Wildman–Crippen LogP) is 3.24. The first kappa shape index (κ1) is 12.8. The molecule has 1 aromatic rings. The average molecular weight is 262 g/mol. The Bertz CT molecular complexity index is 479. The summed E-state index contributed by atoms with van der Waals surface area (Å²) >= 11 is 0. The summed E-state index contributed by atoms with van der Waals surface area (Å²) in [5.74, 6) is 1.62. The van der Waals surface area contributed by atoms with Gasteiger partial charge in [-0.15, -0.1) is 0 Å². The van der Waals surface area contributed by atoms with Crippen molar-refractivity contribution >= 4 is 0 Å². The molecule has 3 heteroatoms. The predicted molar refractivity (Wildman–Crippen MR) is 73.7 cm³/mol. The normalized spacial score (nSPS) is 25.1. The Balaban J connectivity index is 2.01. The van der Waals surface area contributed by atoms with Crippen LogP contribution in [-0.2, 0) is 6.42 Å². The summed E-state index contributed by atoms with van der Waals surface area (Å²) in [6, 6.07) is 4.06. The van der Waals surface area contributed by atoms with Crippen molar-refractivity contribution in [3.8, 4) is 11.5 Å². The summed E-state index contributed by atoms with van der Waals surface area (Å²) < 4.78 is 11.5. The highest BCUT2D eigenvalue weighted by atomic mass is 16.5. The maximum Gasteiger partial charge on any atom is 0.161 e. The van der Waals surface area contributed by atoms with Gasteiger partial charge >= 0.3 is 0 Å². The van der Waals surface area contributed by atoms with E-state index in [1.54, 1.807) is 0 Å². The van der Waals surface area contributed by atoms with Gasteiger partial charge in [0.25, 0.3) is 0 Å². The second kappa shape index (κ2) is 4.71. The number of hydrogen-bond donors (Lipinski definition) is 1. The number of hydrogen-bond acceptors (Lipinski definition) is 3. The maximum atomic E-state index is 10.5. The van der Waals surface area contributed by atoms with Crippen molar-refractivity contribution in [2.75, 3.05) is 13.2 Å². The molecule has 0 saturated heterocycles. The highest BCUT2D eigenvalue weighted by molar-refractivity contribution is 5.49. The molecular weight excluding hydrogens is 240 g/mol. The van der Waals surface area contributed by atoms with E-state index in [1.807, 2.05) is 6.07 Å². The van der Waals surface area contributed by atoms with Gasteiger partial charge in [-0.25, -0.2) is 0 Å². The number of benzene rings is 1. The SMILES string of the molecule is CC1(C)CCc2cc3c(cc2C(O)C1)OCCCO3. The molecule has 0 fully saturated rings. The fourth-order valence-corrected chi connectivity index (χ4v) is 3.00. The van der Waals surface area contributed by atoms with E-state index in [-0.39, 0.29) is 5.41 Å². The van der Waals surface area contributed by atoms with Crippen molar-refractivity contribution in [2.24, 2.45) is 5.41 Å². The van der Waals surface area contributed by atoms with Crippen LogP contribution in [0.25, 0.3) is 0 Å². The Labute approximate surface area is 114 Å². The summed E-state index contributed by atoms with van der Waals surface area (Å²) in [6.07, 6.45) is 3.41. The number of fused-ring (bicyclic) bond motifs is 2. The number of ether oxygens (including phenoxy) is 2. The van der Waals surface area contributed by atoms with E-state index in [1.165, 1.54) is 5.56 Å². The fraction of sp³-hybridized carbons (Fsp3) is 0.625. The van der Waals surface area contributed by atoms with Gasteiger partial charge in [-0.2, -0.15) is 0 Å². The lowest BCUT2D eigenvalue weighted by atomic mass is 9.84. The van der Waals surface area contributed by atoms with E-state index < -0.39 is 6.10 Å². The fourth-order valence-electron chi connectivity index (χ4n) is 3.00. The molecule has 0 aromatic heterocycles. The third-order valence-electron chi connectivity index (χ3n) is 4.19. The minimum Gasteiger partial charge on any atom is -0.490 e. The first-order chi connectivity index (χ1) is 9.05. The molecule has 1 aromatic carbocycles. The van der Waals surface area contributed by atoms with E-state index in [9.17, 15) is 5.11 Å². The zero-order valence-electron chi connectivity index (χ0n) is 11.7. The van der Waals surface area contributed by atoms with Gasteiger partial charge in [0, 0.05) is 6.42 Å². The van der Waals surface area contributed by atoms with Crippen LogP contribution in [0.15, 0.2) is 12.1 Å². The molecule has 104 valence electrons. The number of aliphatic hydroxyl groups is 1. The Morgan fingerprint density at radius 2 is 1.84 bits per heavy atom. The zero-order valence-corrected chi connectivity index (χ0v) is 11.7. The Morgan fingerprint density at radius 1 is 1.16 bits per heavy atom. The third kappa shape index (κ3) is 2.57. The summed E-state index contributed by atoms with van der Waals surface area (Å²) in [4.78, 5) is 0. The van der Waals surface area contributed by atoms with Crippen molar-refractivity contribution in [3.05, 3.63) is 23.3 Å². The molecule has 2 aliphatic rings. The van der Waals surface area contributed by atoms with Crippen LogP contribution < -0.4 is 9.47 Å². The molecular formula is C16H22O3. The Morgan fingerprint density at radius 3 is 2.58 bits per heavy atom. The minimum absolute atomic E-state index is 0.178. The summed E-state index contributed by atoms with van der Waals surface area (Å²) in [6.45, 7) is 5.84. The van der Waals surface area contributed by atoms with Gasteiger partial charge in [0.1, 0.15) is 0 Å². The molecule has 1 aliphatic heterocycles. The lowest BCUT2D eigenvalue weighted by molar-refractivity contribution is 0.116. The molecule has 0 amide bonds. The van der Waals surface area contributed by atoms with Gasteiger partial charge in [0.05, 0.1) is 19.3 Å². The van der Waals surface area contributed by atoms with Crippen molar-refractivity contribution in [3.63, 3.8) is 0 Å². The van der Waals surface area contributed by atoms with Crippen LogP contribution in [0, 0.1) is 5.41 Å². The van der Waals surface area contributed by atoms with E-state index in [4.69, 9.17) is 9.47 Å². The largest absolute Gasteiger partial charge is 0.490 e. The molecule has 1 unspecified atom stereocenters. The van der Waals surface area contributed by atoms with Gasteiger partial charge in [-0.3, -0.25) is 0 Å². The Kier molecular flexibility index (Phi) is 3.17. The molecule has 0 bridgehead atoms. The third-order valence-corrected chi connectivity index (χ3v) is 4.19. The summed E-state index contributed by atoms with van der Waals surface area (Å²) in [5.41, 5.74) is 2.41. The molecule has 3 nitrogen and oxygen atoms in total. The molecule has 1 atom stereocenters. The highest BCUT2D eigenvalue weighted by Gasteiger charge is 2.29. The highest BCUT2D eigenvalue weighted by Crippen LogP contribution is 2.43. The summed E-state index contributed by atoms with van der Waals surface area (Å²) in [7, 11) is 0. The van der Waals surface area contributed by atoms with Gasteiger partial charge in [0.2, 0.25) is 0 Å². The smallest absolute Gasteiger partial charge is 0.161 e. The second-order valence-electron chi connectivity index (χ2n) is 6.43. The second-order valence-corrected chi connectivity index (χ2v) is 6.43. The molecule has 0 saturated carbocycles. The zero-order chi connectivity index (χ0) is 13.5. The lowest BCUT2D eigenvalue weighted by Gasteiger charge is -2.24. The standard InChI is InChI=1S/C16H22O3/c1-16(2)5-4-11-8-14-15(19-7-3-6-18-14)9-12(11)13(17)10-16/h8-9,13,17H,3-7,10H2,1-2H3. The quantitative estimate of drug-likeness (QED) is 0.729. The van der Waals surface area contributed by atoms with Crippen LogP contribution in [-0.4, -0.2) is 18.3 Å². The van der Waals surface area contributed by atoms with Crippen molar-refractivity contribution in [2.45, 2.75) is 45.6 Å². The first-order valence-corrected chi connectivity index (χ1v) is 7.16. The number of aryl methyl sites for hydroxylation is 1. The number of aliphatic hydroxyl groups excluding tert-OH is 1. The van der Waals surface area contributed by atoms with Crippen molar-refractivity contribution in [1.29, 1.82) is 0 Å². The van der Waals surface area contributed by atoms with E-state index in [0.29, 0.717) is 13.2 Å². The Hall–Kier alpha value is -1.22. The maximum absolute atomic E-state index is 10.5. The van der Waals surface area contributed by atoms with Crippen LogP contribution in [0.4, 0.5) is 0 Å². The van der Waals surface area contributed by atoms with Gasteiger partial charge in [0.15, 0.2) is 11.5 Å². The average Bonchev–Trinajstić information content (AvgIpc) is 2.63. The molecule has 1 heterocycles. The van der Waals surface area contributed by atoms with E-state index in [0.717, 1.165) is 42.7 Å². The molecule has 0 spiro atoms. The van der Waals surface area contributed by atoms with Gasteiger partial charge < -0.3 is 14.6 Å². The number of rotatable bonds is 0. The van der Waals surface area contributed by atoms with Crippen molar-refractivity contribution < 1.29 is 14.6 Å². The molecule has 1 N–H and O–H groups in total. The molecule has 1 aliphatic carbocycles. The monoisotopic (exact) mass is 262 g/mol. The molecule has 3 rings (SSSR count). The van der Waals surface area contributed by atoms with Crippen LogP contribution in [0.2, 0.25) is 0 Å². The first-order valence-electron chi connectivity index (χ1n) is 7.16. The van der Waals surface area contributed by atoms with Crippen molar-refractivity contribution in [1.82, 2.24) is 0 Å². The van der Waals surface area contributed by atoms with Crippen LogP contribution in [0.3, 0.4) is 0 Å². The van der Waals surface area contributed by atoms with E-state index >= 15 is 0 Å². The minimum atomic E-state index is -0.398. The molecule has 19 heavy (non-hydrogen) atoms. The van der Waals surface area contributed by atoms with E-state index in [2.05, 4.69) is 19.9 Å². The topological polar surface area (TPSA) is 38.7 Å². The lowest BCUT2D eigenvalue weighted by Crippen LogP contribution is -2.13. The van der Waals surface area contributed by atoms with Crippen LogP contribution in [0.1, 0.15) is 50.3 Å². The van der Waals surface area contributed by atoms with Crippen LogP contribution >= 0.6 is 0 Å².